The molecule has 1 aromatic carbocycles. The molecule has 0 aliphatic carbocycles. The number of hydrogen-bond donors (Lipinski definition) is 1. The zero-order valence-electron chi connectivity index (χ0n) is 15.9. The predicted octanol–water partition coefficient (Wildman–Crippen LogP) is 3.85. The fourth-order valence-corrected chi connectivity index (χ4v) is 3.35. The van der Waals surface area contributed by atoms with E-state index in [0.717, 1.165) is 13.1 Å². The van der Waals surface area contributed by atoms with Crippen molar-refractivity contribution in [1.82, 2.24) is 10.2 Å². The molecule has 1 fully saturated rings. The Morgan fingerprint density at radius 3 is 2.85 bits per heavy atom. The number of furan rings is 1. The van der Waals surface area contributed by atoms with Crippen molar-refractivity contribution >= 4 is 5.91 Å². The maximum atomic E-state index is 12.9. The van der Waals surface area contributed by atoms with Gasteiger partial charge in [-0.15, -0.1) is 0 Å². The predicted molar refractivity (Wildman–Crippen MR) is 101 cm³/mol. The fraction of sp³-hybridized carbons (Fsp3) is 0.476. The summed E-state index contributed by atoms with van der Waals surface area (Å²) in [5.41, 5.74) is 0. The van der Waals surface area contributed by atoms with Gasteiger partial charge in [-0.2, -0.15) is 0 Å². The summed E-state index contributed by atoms with van der Waals surface area (Å²) >= 11 is 0. The van der Waals surface area contributed by atoms with Gasteiger partial charge < -0.3 is 14.5 Å². The Labute approximate surface area is 159 Å². The van der Waals surface area contributed by atoms with Gasteiger partial charge in [0.25, 0.3) is 5.91 Å². The maximum absolute atomic E-state index is 12.9. The summed E-state index contributed by atoms with van der Waals surface area (Å²) in [5, 5.41) is 2.95. The molecule has 5 nitrogen and oxygen atoms in total. The molecule has 1 aliphatic heterocycles. The molecule has 146 valence electrons. The van der Waals surface area contributed by atoms with Gasteiger partial charge in [-0.25, -0.2) is 4.39 Å². The molecule has 6 heteroatoms. The lowest BCUT2D eigenvalue weighted by atomic mass is 9.99. The van der Waals surface area contributed by atoms with E-state index in [1.54, 1.807) is 24.3 Å². The lowest BCUT2D eigenvalue weighted by Gasteiger charge is -2.35. The van der Waals surface area contributed by atoms with Crippen molar-refractivity contribution in [3.63, 3.8) is 0 Å². The van der Waals surface area contributed by atoms with Crippen molar-refractivity contribution < 1.29 is 18.3 Å². The van der Waals surface area contributed by atoms with Gasteiger partial charge in [-0.3, -0.25) is 9.69 Å². The van der Waals surface area contributed by atoms with Crippen LogP contribution in [0, 0.1) is 11.7 Å². The molecule has 2 unspecified atom stereocenters. The highest BCUT2D eigenvalue weighted by molar-refractivity contribution is 5.91. The summed E-state index contributed by atoms with van der Waals surface area (Å²) in [6.45, 7) is 7.36. The number of nitrogens with zero attached hydrogens (tertiary/aromatic N) is 1. The average molecular weight is 374 g/mol. The van der Waals surface area contributed by atoms with Crippen LogP contribution in [0.2, 0.25) is 0 Å². The van der Waals surface area contributed by atoms with E-state index in [1.165, 1.54) is 25.0 Å². The lowest BCUT2D eigenvalue weighted by Crippen LogP contribution is -2.46. The molecule has 1 aromatic heterocycles. The van der Waals surface area contributed by atoms with Crippen LogP contribution in [0.4, 0.5) is 4.39 Å². The highest BCUT2D eigenvalue weighted by Gasteiger charge is 2.21. The molecule has 3 rings (SSSR count). The van der Waals surface area contributed by atoms with E-state index in [0.29, 0.717) is 30.0 Å². The van der Waals surface area contributed by atoms with E-state index < -0.39 is 0 Å². The van der Waals surface area contributed by atoms with Gasteiger partial charge in [0, 0.05) is 19.1 Å². The van der Waals surface area contributed by atoms with E-state index >= 15 is 0 Å². The van der Waals surface area contributed by atoms with E-state index in [2.05, 4.69) is 24.1 Å². The molecule has 1 N–H and O–H groups in total. The lowest BCUT2D eigenvalue weighted by molar-refractivity contribution is 0.0887. The van der Waals surface area contributed by atoms with E-state index in [9.17, 15) is 9.18 Å². The van der Waals surface area contributed by atoms with Crippen LogP contribution in [-0.2, 0) is 6.61 Å². The van der Waals surface area contributed by atoms with Crippen molar-refractivity contribution in [3.05, 3.63) is 53.7 Å². The third kappa shape index (κ3) is 5.57. The van der Waals surface area contributed by atoms with Crippen molar-refractivity contribution in [2.45, 2.75) is 39.3 Å². The maximum Gasteiger partial charge on any atom is 0.287 e. The number of amides is 1. The first kappa shape index (κ1) is 19.4. The molecule has 2 heterocycles. The highest BCUT2D eigenvalue weighted by Crippen LogP contribution is 2.18. The first-order chi connectivity index (χ1) is 13.0. The fourth-order valence-electron chi connectivity index (χ4n) is 3.35. The standard InChI is InChI=1S/C21H27FN2O3/c1-15-4-3-11-24(13-15)16(2)12-23-21(25)20-10-9-19(27-20)14-26-18-7-5-17(22)6-8-18/h5-10,15-16H,3-4,11-14H2,1-2H3,(H,23,25). The molecular formula is C21H27FN2O3. The molecule has 0 saturated carbocycles. The number of rotatable bonds is 7. The van der Waals surface area contributed by atoms with Crippen molar-refractivity contribution in [3.8, 4) is 5.75 Å². The van der Waals surface area contributed by atoms with Crippen molar-refractivity contribution in [2.75, 3.05) is 19.6 Å². The third-order valence-corrected chi connectivity index (χ3v) is 4.95. The molecule has 27 heavy (non-hydrogen) atoms. The van der Waals surface area contributed by atoms with E-state index in [-0.39, 0.29) is 24.1 Å². The quantitative estimate of drug-likeness (QED) is 0.800. The van der Waals surface area contributed by atoms with Crippen LogP contribution in [0.3, 0.4) is 0 Å². The van der Waals surface area contributed by atoms with Gasteiger partial charge in [-0.1, -0.05) is 6.92 Å². The highest BCUT2D eigenvalue weighted by atomic mass is 19.1. The van der Waals surface area contributed by atoms with E-state index in [1.807, 2.05) is 0 Å². The minimum Gasteiger partial charge on any atom is -0.486 e. The third-order valence-electron chi connectivity index (χ3n) is 4.95. The minimum atomic E-state index is -0.312. The number of carbonyl (C=O) groups excluding carboxylic acids is 1. The Morgan fingerprint density at radius 1 is 1.33 bits per heavy atom. The van der Waals surface area contributed by atoms with Gasteiger partial charge in [-0.05, 0) is 68.6 Å². The summed E-state index contributed by atoms with van der Waals surface area (Å²) in [6, 6.07) is 9.43. The molecule has 0 bridgehead atoms. The Bertz CT molecular complexity index is 744. The SMILES string of the molecule is CC1CCCN(C(C)CNC(=O)c2ccc(COc3ccc(F)cc3)o2)C1. The molecule has 2 atom stereocenters. The summed E-state index contributed by atoms with van der Waals surface area (Å²) in [4.78, 5) is 14.7. The van der Waals surface area contributed by atoms with Gasteiger partial charge >= 0.3 is 0 Å². The molecule has 0 radical (unpaired) electrons. The summed E-state index contributed by atoms with van der Waals surface area (Å²) in [6.07, 6.45) is 2.50. The number of carbonyl (C=O) groups is 1. The zero-order valence-corrected chi connectivity index (χ0v) is 15.9. The second-order valence-corrected chi connectivity index (χ2v) is 7.31. The first-order valence-electron chi connectivity index (χ1n) is 9.50. The Hall–Kier alpha value is -2.34. The van der Waals surface area contributed by atoms with Gasteiger partial charge in [0.15, 0.2) is 5.76 Å². The largest absolute Gasteiger partial charge is 0.486 e. The number of halogens is 1. The molecule has 1 saturated heterocycles. The number of ether oxygens (including phenoxy) is 1. The monoisotopic (exact) mass is 374 g/mol. The van der Waals surface area contributed by atoms with Gasteiger partial charge in [0.1, 0.15) is 23.9 Å². The minimum absolute atomic E-state index is 0.182. The molecule has 0 spiro atoms. The van der Waals surface area contributed by atoms with Gasteiger partial charge in [0.2, 0.25) is 0 Å². The van der Waals surface area contributed by atoms with Crippen LogP contribution in [0.25, 0.3) is 0 Å². The smallest absolute Gasteiger partial charge is 0.287 e. The van der Waals surface area contributed by atoms with Crippen LogP contribution in [0.5, 0.6) is 5.75 Å². The topological polar surface area (TPSA) is 54.7 Å². The summed E-state index contributed by atoms with van der Waals surface area (Å²) in [5.74, 6) is 1.54. The molecule has 1 aliphatic rings. The Morgan fingerprint density at radius 2 is 2.11 bits per heavy atom. The van der Waals surface area contributed by atoms with E-state index in [4.69, 9.17) is 9.15 Å². The van der Waals surface area contributed by atoms with Crippen LogP contribution in [0.1, 0.15) is 43.0 Å². The van der Waals surface area contributed by atoms with Crippen molar-refractivity contribution in [2.24, 2.45) is 5.92 Å². The molecule has 1 amide bonds. The number of benzene rings is 1. The molecular weight excluding hydrogens is 347 g/mol. The second kappa shape index (κ2) is 9.04. The van der Waals surface area contributed by atoms with Crippen LogP contribution in [0.15, 0.2) is 40.8 Å². The number of likely N-dealkylation sites (tertiary alicyclic amines) is 1. The first-order valence-corrected chi connectivity index (χ1v) is 9.50. The second-order valence-electron chi connectivity index (χ2n) is 7.31. The Balaban J connectivity index is 1.45. The van der Waals surface area contributed by atoms with Crippen molar-refractivity contribution in [1.29, 1.82) is 0 Å². The van der Waals surface area contributed by atoms with Crippen LogP contribution < -0.4 is 10.1 Å². The summed E-state index contributed by atoms with van der Waals surface area (Å²) in [7, 11) is 0. The molecule has 2 aromatic rings. The number of hydrogen-bond acceptors (Lipinski definition) is 4. The van der Waals surface area contributed by atoms with Gasteiger partial charge in [0.05, 0.1) is 0 Å². The number of nitrogens with one attached hydrogen (secondary N) is 1. The normalized spacial score (nSPS) is 18.9. The number of piperidine rings is 1. The van der Waals surface area contributed by atoms with Crippen LogP contribution >= 0.6 is 0 Å². The zero-order chi connectivity index (χ0) is 19.2. The Kier molecular flexibility index (Phi) is 6.50. The summed E-state index contributed by atoms with van der Waals surface area (Å²) < 4.78 is 24.0. The average Bonchev–Trinajstić information content (AvgIpc) is 3.14. The van der Waals surface area contributed by atoms with Crippen LogP contribution in [-0.4, -0.2) is 36.5 Å².